The van der Waals surface area contributed by atoms with Gasteiger partial charge in [-0.05, 0) is 27.9 Å². The van der Waals surface area contributed by atoms with E-state index >= 15 is 0 Å². The molecule has 0 spiro atoms. The van der Waals surface area contributed by atoms with Crippen molar-refractivity contribution in [3.63, 3.8) is 0 Å². The van der Waals surface area contributed by atoms with E-state index in [4.69, 9.17) is 0 Å². The van der Waals surface area contributed by atoms with Crippen molar-refractivity contribution in [2.45, 2.75) is 132 Å². The van der Waals surface area contributed by atoms with Crippen molar-refractivity contribution in [3.05, 3.63) is 14.2 Å². The molecule has 5 heteroatoms. The largest absolute Gasteiger partial charge is 0.365 e. The Labute approximate surface area is 224 Å². The molecule has 1 radical (unpaired) electrons. The Hall–Kier alpha value is 1.26. The third-order valence-corrected chi connectivity index (χ3v) is 1.73. The van der Waals surface area contributed by atoms with Crippen molar-refractivity contribution in [1.29, 1.82) is 0 Å². The molecule has 0 aromatic heterocycles. The van der Waals surface area contributed by atoms with E-state index in [9.17, 15) is 0 Å². The van der Waals surface area contributed by atoms with E-state index in [1.54, 1.807) is 0 Å². The zero-order valence-electron chi connectivity index (χ0n) is 18.3. The normalized spacial score (nSPS) is 5.69. The quantitative estimate of drug-likeness (QED) is 0.275. The van der Waals surface area contributed by atoms with Crippen LogP contribution in [0.15, 0.2) is 0 Å². The van der Waals surface area contributed by atoms with E-state index in [-0.39, 0.29) is 92.1 Å². The van der Waals surface area contributed by atoms with Gasteiger partial charge in [0.25, 0.3) is 0 Å². The monoisotopic (exact) mass is 499 g/mol. The first-order valence-electron chi connectivity index (χ1n) is 8.44. The average molecular weight is 498 g/mol. The van der Waals surface area contributed by atoms with E-state index < -0.39 is 0 Å². The SMILES string of the molecule is C.C.C.C.C.C.C.CCCB(C)C.CCCB(C)C.CN(C)C.[CH2-]B(C)C.[CH3-].[Y]. The number of nitrogens with zero attached hydrogens (tertiary/aromatic N) is 1. The van der Waals surface area contributed by atoms with Gasteiger partial charge in [-0.25, -0.2) is 0 Å². The molecule has 0 N–H and O–H groups in total. The first-order valence-corrected chi connectivity index (χ1v) is 8.44. The first-order chi connectivity index (χ1) is 9.00. The molecule has 0 aromatic carbocycles. The van der Waals surface area contributed by atoms with E-state index in [0.29, 0.717) is 6.71 Å². The summed E-state index contributed by atoms with van der Waals surface area (Å²) >= 11 is 0. The molecule has 0 saturated carbocycles. The number of hydrogen-bond donors (Lipinski definition) is 0. The summed E-state index contributed by atoms with van der Waals surface area (Å²) in [6, 6.07) is 0. The van der Waals surface area contributed by atoms with Crippen molar-refractivity contribution in [3.8, 4) is 0 Å². The van der Waals surface area contributed by atoms with Crippen LogP contribution < -0.4 is 0 Å². The Morgan fingerprint density at radius 2 is 0.690 bits per heavy atom. The van der Waals surface area contributed by atoms with Crippen molar-refractivity contribution in [1.82, 2.24) is 4.90 Å². The van der Waals surface area contributed by atoms with Crippen LogP contribution >= 0.6 is 0 Å². The molecule has 0 fully saturated rings. The molecule has 0 saturated heterocycles. The van der Waals surface area contributed by atoms with Crippen LogP contribution in [0, 0.1) is 14.2 Å². The summed E-state index contributed by atoms with van der Waals surface area (Å²) in [5.41, 5.74) is 0. The van der Waals surface area contributed by atoms with Gasteiger partial charge in [-0.15, -0.1) is 13.6 Å². The van der Waals surface area contributed by atoms with Gasteiger partial charge in [0.1, 0.15) is 13.4 Å². The molecule has 189 valence electrons. The van der Waals surface area contributed by atoms with Crippen molar-refractivity contribution in [2.24, 2.45) is 0 Å². The van der Waals surface area contributed by atoms with Crippen LogP contribution in [0.25, 0.3) is 0 Å². The zero-order chi connectivity index (χ0) is 17.1. The molecule has 0 heterocycles. The van der Waals surface area contributed by atoms with E-state index in [2.05, 4.69) is 61.6 Å². The third-order valence-electron chi connectivity index (χ3n) is 1.73. The van der Waals surface area contributed by atoms with Gasteiger partial charge in [0.2, 0.25) is 0 Å². The number of rotatable bonds is 4. The Bertz CT molecular complexity index is 125. The minimum absolute atomic E-state index is 0. The minimum atomic E-state index is 0. The average Bonchev–Trinajstić information content (AvgIpc) is 2.15. The molecule has 0 amide bonds. The minimum Gasteiger partial charge on any atom is -0.365 e. The van der Waals surface area contributed by atoms with E-state index in [0.717, 1.165) is 13.4 Å². The molecule has 0 atom stereocenters. The Morgan fingerprint density at radius 1 is 0.586 bits per heavy atom. The van der Waals surface area contributed by atoms with Crippen LogP contribution in [0.2, 0.25) is 53.6 Å². The molecule has 0 aliphatic heterocycles. The van der Waals surface area contributed by atoms with Crippen LogP contribution in [0.4, 0.5) is 0 Å². The summed E-state index contributed by atoms with van der Waals surface area (Å²) in [6.07, 6.45) is 5.41. The summed E-state index contributed by atoms with van der Waals surface area (Å²) in [6.45, 7) is 23.6. The fourth-order valence-corrected chi connectivity index (χ4v) is 1.15. The third kappa shape index (κ3) is 413. The standard InChI is InChI=1S/2C5H13B.C3H8B.C3H9N.7CH4.CH3.Y/c2*1-4-5-6(2)3;2*1-4(2)3;;;;;;;;;/h2*4-5H2,1-3H3;1H2,2-3H3;1-3H3;7*1H4;1H3;/q;;-1;;;;;;;;;-1;. The molecule has 29 heavy (non-hydrogen) atoms. The van der Waals surface area contributed by atoms with Crippen molar-refractivity contribution < 1.29 is 32.7 Å². The Balaban J connectivity index is -0.00000000982. The van der Waals surface area contributed by atoms with E-state index in [1.165, 1.54) is 25.5 Å². The fourth-order valence-electron chi connectivity index (χ4n) is 1.15. The maximum absolute atomic E-state index is 3.64. The molecule has 0 rings (SSSR count). The van der Waals surface area contributed by atoms with Crippen molar-refractivity contribution in [2.75, 3.05) is 21.1 Å². The summed E-state index contributed by atoms with van der Waals surface area (Å²) in [4.78, 5) is 2.00. The van der Waals surface area contributed by atoms with E-state index in [1.807, 2.05) is 26.0 Å². The predicted molar refractivity (Wildman–Crippen MR) is 161 cm³/mol. The molecule has 0 aliphatic carbocycles. The molecule has 1 nitrogen and oxygen atoms in total. The van der Waals surface area contributed by atoms with Gasteiger partial charge in [0, 0.05) is 32.7 Å². The van der Waals surface area contributed by atoms with Gasteiger partial charge >= 0.3 is 0 Å². The summed E-state index contributed by atoms with van der Waals surface area (Å²) in [7, 11) is 6.00. The second kappa shape index (κ2) is 78.4. The van der Waals surface area contributed by atoms with Gasteiger partial charge in [-0.2, -0.15) is 0 Å². The molecule has 0 bridgehead atoms. The second-order valence-corrected chi connectivity index (χ2v) is 7.10. The van der Waals surface area contributed by atoms with Crippen LogP contribution in [0.1, 0.15) is 78.7 Å². The zero-order valence-corrected chi connectivity index (χ0v) is 21.1. The summed E-state index contributed by atoms with van der Waals surface area (Å²) in [5, 5.41) is 0. The summed E-state index contributed by atoms with van der Waals surface area (Å²) in [5.74, 6) is 0. The Kier molecular flexibility index (Phi) is 235. The fraction of sp³-hybridized carbons (Fsp3) is 0.917. The van der Waals surface area contributed by atoms with Gasteiger partial charge < -0.3 is 19.1 Å². The summed E-state index contributed by atoms with van der Waals surface area (Å²) < 4.78 is 0. The van der Waals surface area contributed by atoms with Crippen LogP contribution in [0.5, 0.6) is 0 Å². The topological polar surface area (TPSA) is 3.24 Å². The van der Waals surface area contributed by atoms with Gasteiger partial charge in [-0.3, -0.25) is 0 Å². The molecular formula is C24H74B3NY-2. The van der Waals surface area contributed by atoms with Gasteiger partial charge in [0.05, 0.1) is 0 Å². The molecule has 0 unspecified atom stereocenters. The predicted octanol–water partition coefficient (Wildman–Crippen LogP) is 10.5. The number of hydrogen-bond acceptors (Lipinski definition) is 1. The molecule has 0 aromatic rings. The van der Waals surface area contributed by atoms with Crippen LogP contribution in [-0.4, -0.2) is 46.2 Å². The smallest absolute Gasteiger partial charge is 0.133 e. The maximum atomic E-state index is 3.64. The van der Waals surface area contributed by atoms with Crippen molar-refractivity contribution >= 4 is 20.1 Å². The van der Waals surface area contributed by atoms with Gasteiger partial charge in [0.15, 0.2) is 0 Å². The van der Waals surface area contributed by atoms with Gasteiger partial charge in [-0.1, -0.05) is 119 Å². The first kappa shape index (κ1) is 87.0. The maximum Gasteiger partial charge on any atom is 0.133 e. The van der Waals surface area contributed by atoms with Crippen LogP contribution in [-0.2, 0) is 32.7 Å². The Morgan fingerprint density at radius 3 is 0.690 bits per heavy atom. The second-order valence-electron chi connectivity index (χ2n) is 7.10. The molecular weight excluding hydrogens is 424 g/mol. The van der Waals surface area contributed by atoms with Crippen LogP contribution in [0.3, 0.4) is 0 Å². The molecule has 0 aliphatic rings.